The van der Waals surface area contributed by atoms with E-state index < -0.39 is 0 Å². The molecule has 0 aromatic heterocycles. The van der Waals surface area contributed by atoms with Gasteiger partial charge in [-0.05, 0) is 50.6 Å². The summed E-state index contributed by atoms with van der Waals surface area (Å²) in [5.41, 5.74) is 1.71. The summed E-state index contributed by atoms with van der Waals surface area (Å²) in [5, 5.41) is 2.95. The molecule has 1 saturated heterocycles. The molecule has 3 rings (SSSR count). The van der Waals surface area contributed by atoms with Gasteiger partial charge < -0.3 is 15.0 Å². The molecule has 2 aliphatic heterocycles. The number of hydrogen-bond donors (Lipinski definition) is 1. The van der Waals surface area contributed by atoms with Gasteiger partial charge in [-0.25, -0.2) is 0 Å². The molecule has 2 heterocycles. The number of benzene rings is 1. The topological polar surface area (TPSA) is 61.9 Å². The van der Waals surface area contributed by atoms with Gasteiger partial charge in [0.05, 0.1) is 5.69 Å². The van der Waals surface area contributed by atoms with Gasteiger partial charge >= 0.3 is 0 Å². The van der Waals surface area contributed by atoms with Crippen LogP contribution in [0.3, 0.4) is 0 Å². The monoisotopic (exact) mass is 345 g/mol. The van der Waals surface area contributed by atoms with Crippen molar-refractivity contribution in [3.63, 3.8) is 0 Å². The molecular formula is C19H27N3O3. The quantitative estimate of drug-likeness (QED) is 0.883. The van der Waals surface area contributed by atoms with Crippen LogP contribution >= 0.6 is 0 Å². The molecule has 6 heteroatoms. The maximum absolute atomic E-state index is 12.3. The number of aryl methyl sites for hydroxylation is 1. The molecule has 0 bridgehead atoms. The molecule has 1 aromatic carbocycles. The first-order valence-corrected chi connectivity index (χ1v) is 9.16. The molecule has 0 unspecified atom stereocenters. The zero-order valence-corrected chi connectivity index (χ0v) is 14.9. The molecule has 2 amide bonds. The molecule has 0 radical (unpaired) electrons. The van der Waals surface area contributed by atoms with Gasteiger partial charge in [-0.15, -0.1) is 0 Å². The third-order valence-corrected chi connectivity index (χ3v) is 4.81. The van der Waals surface area contributed by atoms with Crippen molar-refractivity contribution in [1.29, 1.82) is 0 Å². The van der Waals surface area contributed by atoms with Crippen LogP contribution in [0.25, 0.3) is 0 Å². The normalized spacial score (nSPS) is 18.3. The van der Waals surface area contributed by atoms with Gasteiger partial charge in [0.2, 0.25) is 5.91 Å². The molecule has 1 fully saturated rings. The van der Waals surface area contributed by atoms with E-state index >= 15 is 0 Å². The Morgan fingerprint density at radius 2 is 1.96 bits per heavy atom. The van der Waals surface area contributed by atoms with Gasteiger partial charge in [0.25, 0.3) is 5.91 Å². The average molecular weight is 345 g/mol. The number of fused-ring (bicyclic) bond motifs is 1. The third kappa shape index (κ3) is 4.72. The number of anilines is 1. The van der Waals surface area contributed by atoms with Crippen LogP contribution < -0.4 is 15.0 Å². The Hall–Kier alpha value is -2.08. The van der Waals surface area contributed by atoms with E-state index in [4.69, 9.17) is 4.74 Å². The second-order valence-corrected chi connectivity index (χ2v) is 6.85. The van der Waals surface area contributed by atoms with Crippen molar-refractivity contribution in [3.8, 4) is 5.75 Å². The molecule has 0 spiro atoms. The highest BCUT2D eigenvalue weighted by atomic mass is 16.5. The van der Waals surface area contributed by atoms with Crippen LogP contribution in [-0.2, 0) is 9.59 Å². The van der Waals surface area contributed by atoms with Crippen molar-refractivity contribution in [2.24, 2.45) is 0 Å². The summed E-state index contributed by atoms with van der Waals surface area (Å²) in [4.78, 5) is 28.4. The Kier molecular flexibility index (Phi) is 5.91. The van der Waals surface area contributed by atoms with Crippen LogP contribution in [-0.4, -0.2) is 56.0 Å². The summed E-state index contributed by atoms with van der Waals surface area (Å²) < 4.78 is 5.45. The lowest BCUT2D eigenvalue weighted by Crippen LogP contribution is -2.46. The van der Waals surface area contributed by atoms with E-state index in [9.17, 15) is 9.59 Å². The number of rotatable bonds is 5. The van der Waals surface area contributed by atoms with Crippen LogP contribution in [0.1, 0.15) is 31.2 Å². The second kappa shape index (κ2) is 8.34. The lowest BCUT2D eigenvalue weighted by atomic mass is 10.1. The first kappa shape index (κ1) is 17.7. The minimum atomic E-state index is -0.180. The van der Waals surface area contributed by atoms with Crippen LogP contribution in [0.2, 0.25) is 0 Å². The fourth-order valence-corrected chi connectivity index (χ4v) is 3.40. The van der Waals surface area contributed by atoms with Crippen LogP contribution in [0.4, 0.5) is 5.69 Å². The smallest absolute Gasteiger partial charge is 0.265 e. The number of carbonyl (C=O) groups excluding carboxylic acids is 2. The third-order valence-electron chi connectivity index (χ3n) is 4.81. The number of ether oxygens (including phenoxy) is 1. The lowest BCUT2D eigenvalue weighted by Gasteiger charge is -2.29. The molecule has 1 aromatic rings. The van der Waals surface area contributed by atoms with Crippen molar-refractivity contribution in [2.45, 2.75) is 32.6 Å². The van der Waals surface area contributed by atoms with Gasteiger partial charge in [-0.3, -0.25) is 14.5 Å². The maximum atomic E-state index is 12.3. The Morgan fingerprint density at radius 1 is 1.20 bits per heavy atom. The van der Waals surface area contributed by atoms with Crippen LogP contribution in [0, 0.1) is 6.92 Å². The van der Waals surface area contributed by atoms with Crippen LogP contribution in [0.5, 0.6) is 5.75 Å². The highest BCUT2D eigenvalue weighted by molar-refractivity contribution is 6.02. The fraction of sp³-hybridized carbons (Fsp3) is 0.579. The Morgan fingerprint density at radius 3 is 2.72 bits per heavy atom. The molecule has 2 aliphatic rings. The number of nitrogens with one attached hydrogen (secondary N) is 1. The number of nitrogens with zero attached hydrogens (tertiary/aromatic N) is 2. The predicted octanol–water partition coefficient (Wildman–Crippen LogP) is 1.71. The molecular weight excluding hydrogens is 318 g/mol. The van der Waals surface area contributed by atoms with E-state index in [-0.39, 0.29) is 25.0 Å². The SMILES string of the molecule is Cc1ccc2c(c1)N(CC(=O)NCCN1CCCCCC1)C(=O)CO2. The van der Waals surface area contributed by atoms with E-state index in [0.717, 1.165) is 25.2 Å². The largest absolute Gasteiger partial charge is 0.482 e. The summed E-state index contributed by atoms with van der Waals surface area (Å²) in [6.07, 6.45) is 5.10. The molecule has 0 saturated carbocycles. The van der Waals surface area contributed by atoms with E-state index in [2.05, 4.69) is 10.2 Å². The average Bonchev–Trinajstić information content (AvgIpc) is 2.86. The van der Waals surface area contributed by atoms with E-state index in [0.29, 0.717) is 18.0 Å². The molecule has 0 atom stereocenters. The maximum Gasteiger partial charge on any atom is 0.265 e. The molecule has 0 aliphatic carbocycles. The van der Waals surface area contributed by atoms with Crippen molar-refractivity contribution >= 4 is 17.5 Å². The number of hydrogen-bond acceptors (Lipinski definition) is 4. The Labute approximate surface area is 149 Å². The zero-order valence-electron chi connectivity index (χ0n) is 14.9. The fourth-order valence-electron chi connectivity index (χ4n) is 3.40. The minimum absolute atomic E-state index is 0.0167. The van der Waals surface area contributed by atoms with Gasteiger partial charge in [0, 0.05) is 13.1 Å². The Bertz CT molecular complexity index is 624. The van der Waals surface area contributed by atoms with Gasteiger partial charge in [0.15, 0.2) is 6.61 Å². The van der Waals surface area contributed by atoms with Gasteiger partial charge in [-0.1, -0.05) is 18.9 Å². The van der Waals surface area contributed by atoms with Gasteiger partial charge in [-0.2, -0.15) is 0 Å². The first-order valence-electron chi connectivity index (χ1n) is 9.16. The zero-order chi connectivity index (χ0) is 17.6. The first-order chi connectivity index (χ1) is 12.1. The van der Waals surface area contributed by atoms with Crippen molar-refractivity contribution in [1.82, 2.24) is 10.2 Å². The summed E-state index contributed by atoms with van der Waals surface area (Å²) in [6, 6.07) is 5.67. The standard InChI is InChI=1S/C19H27N3O3/c1-15-6-7-17-16(12-15)22(19(24)14-25-17)13-18(23)20-8-11-21-9-4-2-3-5-10-21/h6-7,12H,2-5,8-11,13-14H2,1H3,(H,20,23). The van der Waals surface area contributed by atoms with Crippen LogP contribution in [0.15, 0.2) is 18.2 Å². The summed E-state index contributed by atoms with van der Waals surface area (Å²) >= 11 is 0. The summed E-state index contributed by atoms with van der Waals surface area (Å²) in [7, 11) is 0. The highest BCUT2D eigenvalue weighted by Gasteiger charge is 2.27. The van der Waals surface area contributed by atoms with E-state index in [1.165, 1.54) is 30.6 Å². The highest BCUT2D eigenvalue weighted by Crippen LogP contribution is 2.32. The van der Waals surface area contributed by atoms with Crippen molar-refractivity contribution in [2.75, 3.05) is 44.2 Å². The molecule has 25 heavy (non-hydrogen) atoms. The molecule has 136 valence electrons. The summed E-state index contributed by atoms with van der Waals surface area (Å²) in [6.45, 7) is 5.71. The summed E-state index contributed by atoms with van der Waals surface area (Å²) in [5.74, 6) is 0.348. The molecule has 1 N–H and O–H groups in total. The minimum Gasteiger partial charge on any atom is -0.482 e. The number of likely N-dealkylation sites (tertiary alicyclic amines) is 1. The lowest BCUT2D eigenvalue weighted by molar-refractivity contribution is -0.125. The number of amides is 2. The number of carbonyl (C=O) groups is 2. The second-order valence-electron chi connectivity index (χ2n) is 6.85. The Balaban J connectivity index is 1.52. The molecule has 6 nitrogen and oxygen atoms in total. The van der Waals surface area contributed by atoms with E-state index in [1.807, 2.05) is 25.1 Å². The van der Waals surface area contributed by atoms with Gasteiger partial charge in [0.1, 0.15) is 12.3 Å². The predicted molar refractivity (Wildman–Crippen MR) is 96.9 cm³/mol. The van der Waals surface area contributed by atoms with Crippen molar-refractivity contribution < 1.29 is 14.3 Å². The van der Waals surface area contributed by atoms with Crippen molar-refractivity contribution in [3.05, 3.63) is 23.8 Å². The van der Waals surface area contributed by atoms with E-state index in [1.54, 1.807) is 0 Å².